The first-order chi connectivity index (χ1) is 9.29. The van der Waals surface area contributed by atoms with Crippen molar-refractivity contribution >= 4 is 38.3 Å². The first-order valence-corrected chi connectivity index (χ1v) is 9.35. The normalized spacial score (nSPS) is 16.3. The summed E-state index contributed by atoms with van der Waals surface area (Å²) >= 11 is 2.18. The highest BCUT2D eigenvalue weighted by atomic mass is 127. The van der Waals surface area contributed by atoms with Gasteiger partial charge in [0.05, 0.1) is 11.0 Å². The van der Waals surface area contributed by atoms with Gasteiger partial charge in [0.25, 0.3) is 5.91 Å². The van der Waals surface area contributed by atoms with Crippen LogP contribution in [-0.4, -0.2) is 43.3 Å². The second-order valence-electron chi connectivity index (χ2n) is 5.56. The summed E-state index contributed by atoms with van der Waals surface area (Å²) in [6, 6.07) is 7.31. The van der Waals surface area contributed by atoms with E-state index >= 15 is 0 Å². The number of nitrogens with zero attached hydrogens (tertiary/aromatic N) is 1. The van der Waals surface area contributed by atoms with Gasteiger partial charge in [0.1, 0.15) is 0 Å². The van der Waals surface area contributed by atoms with E-state index in [0.717, 1.165) is 3.57 Å². The van der Waals surface area contributed by atoms with Crippen LogP contribution in [0.2, 0.25) is 0 Å². The van der Waals surface area contributed by atoms with Gasteiger partial charge in [-0.05, 0) is 52.8 Å². The predicted octanol–water partition coefficient (Wildman–Crippen LogP) is 2.19. The Bertz CT molecular complexity index is 589. The maximum absolute atomic E-state index is 12.2. The Morgan fingerprint density at radius 3 is 2.35 bits per heavy atom. The highest BCUT2D eigenvalue weighted by Gasteiger charge is 2.39. The third kappa shape index (κ3) is 3.52. The summed E-state index contributed by atoms with van der Waals surface area (Å²) in [7, 11) is -3.07. The topological polar surface area (TPSA) is 54.5 Å². The molecule has 0 bridgehead atoms. The van der Waals surface area contributed by atoms with Crippen LogP contribution in [0.4, 0.5) is 0 Å². The quantitative estimate of drug-likeness (QED) is 0.720. The number of amides is 1. The fraction of sp³-hybridized carbons (Fsp3) is 0.500. The lowest BCUT2D eigenvalue weighted by Gasteiger charge is -2.39. The number of benzene rings is 1. The summed E-state index contributed by atoms with van der Waals surface area (Å²) in [5.74, 6) is 0.238. The summed E-state index contributed by atoms with van der Waals surface area (Å²) in [5.41, 5.74) is 0.616. The fourth-order valence-electron chi connectivity index (χ4n) is 2.21. The molecule has 0 N–H and O–H groups in total. The van der Waals surface area contributed by atoms with Crippen molar-refractivity contribution in [1.29, 1.82) is 0 Å². The highest BCUT2D eigenvalue weighted by molar-refractivity contribution is 14.1. The van der Waals surface area contributed by atoms with Crippen molar-refractivity contribution in [2.75, 3.05) is 18.8 Å². The van der Waals surface area contributed by atoms with E-state index in [4.69, 9.17) is 0 Å². The zero-order valence-corrected chi connectivity index (χ0v) is 14.5. The SMILES string of the molecule is CC(C)CS(=O)(=O)C1CN(C(=O)c2ccc(I)cc2)C1. The van der Waals surface area contributed by atoms with Gasteiger partial charge in [0.2, 0.25) is 0 Å². The molecular weight excluding hydrogens is 389 g/mol. The molecule has 0 spiro atoms. The average molecular weight is 407 g/mol. The zero-order chi connectivity index (χ0) is 14.9. The molecule has 0 radical (unpaired) electrons. The van der Waals surface area contributed by atoms with E-state index in [1.165, 1.54) is 0 Å². The largest absolute Gasteiger partial charge is 0.336 e. The smallest absolute Gasteiger partial charge is 0.253 e. The van der Waals surface area contributed by atoms with Crippen molar-refractivity contribution < 1.29 is 13.2 Å². The van der Waals surface area contributed by atoms with E-state index in [1.54, 1.807) is 17.0 Å². The second kappa shape index (κ2) is 6.01. The number of hydrogen-bond donors (Lipinski definition) is 0. The number of likely N-dealkylation sites (tertiary alicyclic amines) is 1. The van der Waals surface area contributed by atoms with E-state index in [2.05, 4.69) is 22.6 Å². The van der Waals surface area contributed by atoms with E-state index < -0.39 is 15.1 Å². The van der Waals surface area contributed by atoms with Crippen LogP contribution in [0, 0.1) is 9.49 Å². The molecular formula is C14H18INO3S. The molecule has 1 aliphatic rings. The molecule has 1 amide bonds. The molecule has 4 nitrogen and oxygen atoms in total. The number of carbonyl (C=O) groups excluding carboxylic acids is 1. The third-order valence-electron chi connectivity index (χ3n) is 3.30. The van der Waals surface area contributed by atoms with Gasteiger partial charge >= 0.3 is 0 Å². The van der Waals surface area contributed by atoms with E-state index in [1.807, 2.05) is 26.0 Å². The molecule has 0 aliphatic carbocycles. The lowest BCUT2D eigenvalue weighted by molar-refractivity contribution is 0.0659. The molecule has 1 fully saturated rings. The van der Waals surface area contributed by atoms with Crippen LogP contribution in [0.1, 0.15) is 24.2 Å². The summed E-state index contributed by atoms with van der Waals surface area (Å²) < 4.78 is 25.1. The Kier molecular flexibility index (Phi) is 4.73. The number of hydrogen-bond acceptors (Lipinski definition) is 3. The molecule has 1 aromatic carbocycles. The second-order valence-corrected chi connectivity index (χ2v) is 9.13. The molecule has 1 saturated heterocycles. The lowest BCUT2D eigenvalue weighted by atomic mass is 10.1. The Morgan fingerprint density at radius 2 is 1.85 bits per heavy atom. The molecule has 0 atom stereocenters. The minimum Gasteiger partial charge on any atom is -0.336 e. The molecule has 6 heteroatoms. The van der Waals surface area contributed by atoms with Crippen molar-refractivity contribution in [3.63, 3.8) is 0 Å². The molecule has 110 valence electrons. The van der Waals surface area contributed by atoms with Gasteiger partial charge in [-0.15, -0.1) is 0 Å². The maximum Gasteiger partial charge on any atom is 0.253 e. The number of rotatable bonds is 4. The molecule has 1 heterocycles. The van der Waals surface area contributed by atoms with Crippen molar-refractivity contribution in [3.05, 3.63) is 33.4 Å². The van der Waals surface area contributed by atoms with Crippen LogP contribution in [-0.2, 0) is 9.84 Å². The van der Waals surface area contributed by atoms with Gasteiger partial charge in [0.15, 0.2) is 9.84 Å². The molecule has 1 aromatic rings. The van der Waals surface area contributed by atoms with Crippen LogP contribution in [0.3, 0.4) is 0 Å². The van der Waals surface area contributed by atoms with Crippen molar-refractivity contribution in [2.24, 2.45) is 5.92 Å². The van der Waals surface area contributed by atoms with E-state index in [9.17, 15) is 13.2 Å². The Morgan fingerprint density at radius 1 is 1.30 bits per heavy atom. The Labute approximate surface area is 133 Å². The van der Waals surface area contributed by atoms with E-state index in [-0.39, 0.29) is 17.6 Å². The molecule has 1 aliphatic heterocycles. The summed E-state index contributed by atoms with van der Waals surface area (Å²) in [6.45, 7) is 4.43. The van der Waals surface area contributed by atoms with Gasteiger partial charge in [-0.1, -0.05) is 13.8 Å². The summed E-state index contributed by atoms with van der Waals surface area (Å²) in [6.07, 6.45) is 0. The fourth-order valence-corrected chi connectivity index (χ4v) is 4.58. The molecule has 0 saturated carbocycles. The van der Waals surface area contributed by atoms with Crippen LogP contribution >= 0.6 is 22.6 Å². The summed E-state index contributed by atoms with van der Waals surface area (Å²) in [4.78, 5) is 13.8. The highest BCUT2D eigenvalue weighted by Crippen LogP contribution is 2.21. The van der Waals surface area contributed by atoms with Gasteiger partial charge in [-0.2, -0.15) is 0 Å². The predicted molar refractivity (Wildman–Crippen MR) is 87.5 cm³/mol. The minimum atomic E-state index is -3.07. The minimum absolute atomic E-state index is 0.0857. The number of sulfone groups is 1. The van der Waals surface area contributed by atoms with Crippen LogP contribution in [0.25, 0.3) is 0 Å². The number of halogens is 1. The first kappa shape index (κ1) is 15.8. The average Bonchev–Trinajstić information content (AvgIpc) is 2.25. The Balaban J connectivity index is 1.96. The van der Waals surface area contributed by atoms with Crippen molar-refractivity contribution in [3.8, 4) is 0 Å². The van der Waals surface area contributed by atoms with Crippen LogP contribution < -0.4 is 0 Å². The van der Waals surface area contributed by atoms with Crippen molar-refractivity contribution in [2.45, 2.75) is 19.1 Å². The van der Waals surface area contributed by atoms with Gasteiger partial charge < -0.3 is 4.90 Å². The van der Waals surface area contributed by atoms with Crippen LogP contribution in [0.15, 0.2) is 24.3 Å². The lowest BCUT2D eigenvalue weighted by Crippen LogP contribution is -2.57. The number of carbonyl (C=O) groups is 1. The van der Waals surface area contributed by atoms with Gasteiger partial charge in [-0.25, -0.2) is 8.42 Å². The molecule has 2 rings (SSSR count). The zero-order valence-electron chi connectivity index (χ0n) is 11.5. The monoisotopic (exact) mass is 407 g/mol. The first-order valence-electron chi connectivity index (χ1n) is 6.56. The maximum atomic E-state index is 12.2. The van der Waals surface area contributed by atoms with E-state index in [0.29, 0.717) is 18.7 Å². The standard InChI is InChI=1S/C14H18INO3S/c1-10(2)9-20(18,19)13-7-16(8-13)14(17)11-3-5-12(15)6-4-11/h3-6,10,13H,7-9H2,1-2H3. The molecule has 0 aromatic heterocycles. The van der Waals surface area contributed by atoms with Crippen molar-refractivity contribution in [1.82, 2.24) is 4.90 Å². The molecule has 20 heavy (non-hydrogen) atoms. The van der Waals surface area contributed by atoms with Crippen LogP contribution in [0.5, 0.6) is 0 Å². The summed E-state index contributed by atoms with van der Waals surface area (Å²) in [5, 5.41) is -0.391. The van der Waals surface area contributed by atoms with Gasteiger partial charge in [-0.3, -0.25) is 4.79 Å². The van der Waals surface area contributed by atoms with Gasteiger partial charge in [0, 0.05) is 22.2 Å². The Hall–Kier alpha value is -0.630. The molecule has 0 unspecified atom stereocenters. The third-order valence-corrected chi connectivity index (χ3v) is 6.46.